The van der Waals surface area contributed by atoms with Gasteiger partial charge in [0.1, 0.15) is 0 Å². The molecule has 0 saturated heterocycles. The lowest BCUT2D eigenvalue weighted by Crippen LogP contribution is -2.18. The maximum Gasteiger partial charge on any atom is 0.0636 e. The molecule has 2 aliphatic rings. The molecule has 2 heteroatoms. The van der Waals surface area contributed by atoms with Gasteiger partial charge in [0.25, 0.3) is 0 Å². The summed E-state index contributed by atoms with van der Waals surface area (Å²) in [5.41, 5.74) is 19.0. The number of benzene rings is 8. The van der Waals surface area contributed by atoms with Gasteiger partial charge < -0.3 is 4.90 Å². The molecule has 0 N–H and O–H groups in total. The summed E-state index contributed by atoms with van der Waals surface area (Å²) >= 11 is 1.91. The van der Waals surface area contributed by atoms with Crippen molar-refractivity contribution in [3.63, 3.8) is 0 Å². The van der Waals surface area contributed by atoms with Gasteiger partial charge in [-0.05, 0) is 104 Å². The first-order valence-corrected chi connectivity index (χ1v) is 20.5. The first-order valence-electron chi connectivity index (χ1n) is 19.7. The van der Waals surface area contributed by atoms with E-state index < -0.39 is 0 Å². The number of hydrogen-bond acceptors (Lipinski definition) is 2. The van der Waals surface area contributed by atoms with Crippen LogP contribution in [0.2, 0.25) is 0 Å². The fraction of sp³-hybridized carbons (Fsp3) is 0.111. The Kier molecular flexibility index (Phi) is 7.18. The van der Waals surface area contributed by atoms with Crippen molar-refractivity contribution in [2.75, 3.05) is 4.90 Å². The summed E-state index contributed by atoms with van der Waals surface area (Å²) < 4.78 is 2.64. The summed E-state index contributed by atoms with van der Waals surface area (Å²) in [5, 5.41) is 2.61. The molecule has 1 nitrogen and oxygen atoms in total. The Labute approximate surface area is 333 Å². The molecule has 268 valence electrons. The van der Waals surface area contributed by atoms with Gasteiger partial charge in [0.15, 0.2) is 0 Å². The predicted octanol–water partition coefficient (Wildman–Crippen LogP) is 15.5. The topological polar surface area (TPSA) is 3.24 Å². The zero-order valence-corrected chi connectivity index (χ0v) is 32.9. The maximum atomic E-state index is 2.59. The molecule has 1 aromatic heterocycles. The third-order valence-corrected chi connectivity index (χ3v) is 13.8. The van der Waals surface area contributed by atoms with Gasteiger partial charge in [-0.1, -0.05) is 161 Å². The SMILES string of the molecule is CC1(C)c2ccccc2-c2ccc(N(c3ccc(-c4ccccc4)cc3)c3c4c(cc5sc6ccccc6c35)C(C)(C)c3ccc(-c5ccccc5)cc3-4)cc21. The Morgan fingerprint density at radius 2 is 0.964 bits per heavy atom. The standard InChI is InChI=1S/C54H41NS/c1-53(2)44-21-13-11-19-40(44)41-29-28-39(32-46(41)53)55(38-26-23-36(24-27-38)34-15-7-5-8-16-34)52-50-43-31-37(35-17-9-6-10-18-35)25-30-45(43)54(3,4)47(50)33-49-51(52)42-20-12-14-22-48(42)56-49/h5-33H,1-4H3. The molecular formula is C54H41NS. The van der Waals surface area contributed by atoms with Gasteiger partial charge in [-0.2, -0.15) is 0 Å². The van der Waals surface area contributed by atoms with Crippen molar-refractivity contribution in [1.29, 1.82) is 0 Å². The Hall–Kier alpha value is -6.22. The Bertz CT molecular complexity index is 3000. The second-order valence-electron chi connectivity index (χ2n) is 16.5. The number of rotatable bonds is 5. The molecular weight excluding hydrogens is 695 g/mol. The van der Waals surface area contributed by atoms with Crippen molar-refractivity contribution < 1.29 is 0 Å². The van der Waals surface area contributed by atoms with E-state index in [0.29, 0.717) is 0 Å². The molecule has 8 aromatic carbocycles. The fourth-order valence-electron chi connectivity index (χ4n) is 9.78. The van der Waals surface area contributed by atoms with Crippen LogP contribution in [0.5, 0.6) is 0 Å². The third-order valence-electron chi connectivity index (χ3n) is 12.7. The molecule has 0 amide bonds. The van der Waals surface area contributed by atoms with Crippen LogP contribution in [-0.4, -0.2) is 0 Å². The molecule has 0 saturated carbocycles. The van der Waals surface area contributed by atoms with Crippen molar-refractivity contribution in [1.82, 2.24) is 0 Å². The average molecular weight is 736 g/mol. The molecule has 0 atom stereocenters. The van der Waals surface area contributed by atoms with Crippen LogP contribution < -0.4 is 4.90 Å². The minimum absolute atomic E-state index is 0.132. The van der Waals surface area contributed by atoms with Gasteiger partial charge in [-0.3, -0.25) is 0 Å². The minimum atomic E-state index is -0.191. The lowest BCUT2D eigenvalue weighted by Gasteiger charge is -2.31. The van der Waals surface area contributed by atoms with E-state index in [1.165, 1.54) is 98.3 Å². The van der Waals surface area contributed by atoms with Gasteiger partial charge in [0.2, 0.25) is 0 Å². The summed E-state index contributed by atoms with van der Waals surface area (Å²) in [6, 6.07) is 65.7. The van der Waals surface area contributed by atoms with Gasteiger partial charge in [-0.25, -0.2) is 0 Å². The summed E-state index contributed by atoms with van der Waals surface area (Å²) in [6.45, 7) is 9.60. The van der Waals surface area contributed by atoms with Crippen molar-refractivity contribution >= 4 is 48.6 Å². The second-order valence-corrected chi connectivity index (χ2v) is 17.6. The van der Waals surface area contributed by atoms with Crippen molar-refractivity contribution in [3.8, 4) is 44.5 Å². The van der Waals surface area contributed by atoms with E-state index in [1.54, 1.807) is 0 Å². The normalized spacial score (nSPS) is 14.4. The molecule has 0 unspecified atom stereocenters. The van der Waals surface area contributed by atoms with E-state index in [4.69, 9.17) is 0 Å². The van der Waals surface area contributed by atoms with Crippen LogP contribution >= 0.6 is 11.3 Å². The predicted molar refractivity (Wildman–Crippen MR) is 240 cm³/mol. The number of fused-ring (bicyclic) bond motifs is 9. The molecule has 0 fully saturated rings. The lowest BCUT2D eigenvalue weighted by atomic mass is 9.81. The van der Waals surface area contributed by atoms with E-state index >= 15 is 0 Å². The first-order chi connectivity index (χ1) is 27.3. The molecule has 56 heavy (non-hydrogen) atoms. The highest BCUT2D eigenvalue weighted by Gasteiger charge is 2.41. The average Bonchev–Trinajstić information content (AvgIpc) is 3.81. The van der Waals surface area contributed by atoms with Crippen molar-refractivity contribution in [2.45, 2.75) is 38.5 Å². The summed E-state index contributed by atoms with van der Waals surface area (Å²) in [4.78, 5) is 2.59. The Morgan fingerprint density at radius 1 is 0.393 bits per heavy atom. The molecule has 0 bridgehead atoms. The van der Waals surface area contributed by atoms with Crippen molar-refractivity contribution in [2.24, 2.45) is 0 Å². The minimum Gasteiger partial charge on any atom is -0.309 e. The van der Waals surface area contributed by atoms with Gasteiger partial charge in [0.05, 0.1) is 5.69 Å². The zero-order chi connectivity index (χ0) is 37.8. The van der Waals surface area contributed by atoms with Crippen molar-refractivity contribution in [3.05, 3.63) is 198 Å². The Morgan fingerprint density at radius 3 is 1.73 bits per heavy atom. The molecule has 2 aliphatic carbocycles. The first kappa shape index (κ1) is 33.1. The summed E-state index contributed by atoms with van der Waals surface area (Å²) in [5.74, 6) is 0. The quantitative estimate of drug-likeness (QED) is 0.170. The van der Waals surface area contributed by atoms with E-state index in [-0.39, 0.29) is 10.8 Å². The van der Waals surface area contributed by atoms with Crippen LogP contribution in [0.15, 0.2) is 176 Å². The number of thiophene rings is 1. The Balaban J connectivity index is 1.25. The zero-order valence-electron chi connectivity index (χ0n) is 32.1. The smallest absolute Gasteiger partial charge is 0.0636 e. The van der Waals surface area contributed by atoms with Crippen LogP contribution in [0.4, 0.5) is 17.1 Å². The highest BCUT2D eigenvalue weighted by atomic mass is 32.1. The molecule has 11 rings (SSSR count). The molecule has 0 aliphatic heterocycles. The van der Waals surface area contributed by atoms with Gasteiger partial charge in [0, 0.05) is 47.9 Å². The summed E-state index contributed by atoms with van der Waals surface area (Å²) in [7, 11) is 0. The second kappa shape index (κ2) is 12.1. The lowest BCUT2D eigenvalue weighted by molar-refractivity contribution is 0.660. The summed E-state index contributed by atoms with van der Waals surface area (Å²) in [6.07, 6.45) is 0. The highest BCUT2D eigenvalue weighted by molar-refractivity contribution is 7.26. The molecule has 0 spiro atoms. The molecule has 1 heterocycles. The van der Waals surface area contributed by atoms with Crippen LogP contribution in [0, 0.1) is 0 Å². The number of hydrogen-bond donors (Lipinski definition) is 0. The third kappa shape index (κ3) is 4.79. The fourth-order valence-corrected chi connectivity index (χ4v) is 10.9. The highest BCUT2D eigenvalue weighted by Crippen LogP contribution is 2.60. The van der Waals surface area contributed by atoms with E-state index in [1.807, 2.05) is 11.3 Å². The van der Waals surface area contributed by atoms with E-state index in [0.717, 1.165) is 5.69 Å². The molecule has 0 radical (unpaired) electrons. The van der Waals surface area contributed by atoms with Crippen LogP contribution in [0.1, 0.15) is 49.9 Å². The van der Waals surface area contributed by atoms with Gasteiger partial charge >= 0.3 is 0 Å². The van der Waals surface area contributed by atoms with E-state index in [9.17, 15) is 0 Å². The molecule has 9 aromatic rings. The van der Waals surface area contributed by atoms with Crippen LogP contribution in [0.25, 0.3) is 64.7 Å². The monoisotopic (exact) mass is 735 g/mol. The van der Waals surface area contributed by atoms with E-state index in [2.05, 4.69) is 209 Å². The van der Waals surface area contributed by atoms with Crippen LogP contribution in [0.3, 0.4) is 0 Å². The number of anilines is 3. The maximum absolute atomic E-state index is 2.59. The largest absolute Gasteiger partial charge is 0.309 e. The van der Waals surface area contributed by atoms with Gasteiger partial charge in [-0.15, -0.1) is 11.3 Å². The number of nitrogens with zero attached hydrogens (tertiary/aromatic N) is 1. The van der Waals surface area contributed by atoms with Crippen LogP contribution in [-0.2, 0) is 10.8 Å².